The van der Waals surface area contributed by atoms with Gasteiger partial charge in [0.2, 0.25) is 11.8 Å². The molecule has 2 amide bonds. The Labute approximate surface area is 152 Å². The van der Waals surface area contributed by atoms with E-state index in [4.69, 9.17) is 9.66 Å². The predicted octanol–water partition coefficient (Wildman–Crippen LogP) is 0.875. The number of hydrogen-bond acceptors (Lipinski definition) is 8. The molecule has 2 aliphatic rings. The third kappa shape index (κ3) is 5.00. The van der Waals surface area contributed by atoms with Gasteiger partial charge in [0.15, 0.2) is 5.25 Å². The van der Waals surface area contributed by atoms with Crippen LogP contribution < -0.4 is 0 Å². The molecule has 0 saturated carbocycles. The molecular formula is C13H16N2O7S3. The molecule has 138 valence electrons. The maximum atomic E-state index is 11.9. The summed E-state index contributed by atoms with van der Waals surface area (Å²) in [5.41, 5.74) is 0. The molecule has 0 aromatic rings. The minimum atomic E-state index is -4.66. The van der Waals surface area contributed by atoms with Gasteiger partial charge in [0.05, 0.1) is 0 Å². The molecule has 0 spiro atoms. The first-order chi connectivity index (χ1) is 11.7. The van der Waals surface area contributed by atoms with Gasteiger partial charge in [-0.1, -0.05) is 27.7 Å². The first-order valence-corrected chi connectivity index (χ1v) is 11.1. The molecule has 2 rings (SSSR count). The van der Waals surface area contributed by atoms with Crippen molar-refractivity contribution in [3.63, 3.8) is 0 Å². The molecular weight excluding hydrogens is 392 g/mol. The van der Waals surface area contributed by atoms with Crippen molar-refractivity contribution in [1.82, 2.24) is 10.0 Å². The van der Waals surface area contributed by atoms with Crippen molar-refractivity contribution in [2.45, 2.75) is 29.9 Å². The second-order valence-corrected chi connectivity index (χ2v) is 9.35. The summed E-state index contributed by atoms with van der Waals surface area (Å²) in [5, 5.41) is 9.15. The number of imide groups is 1. The lowest BCUT2D eigenvalue weighted by molar-refractivity contribution is -0.153. The average molecular weight is 408 g/mol. The van der Waals surface area contributed by atoms with E-state index in [-0.39, 0.29) is 42.2 Å². The maximum absolute atomic E-state index is 11.9. The zero-order chi connectivity index (χ0) is 18.6. The number of nitrogens with zero attached hydrogens (tertiary/aromatic N) is 2. The van der Waals surface area contributed by atoms with E-state index in [0.717, 1.165) is 5.01 Å². The minimum Gasteiger partial charge on any atom is -0.480 e. The molecule has 0 radical (unpaired) electrons. The molecule has 0 bridgehead atoms. The Kier molecular flexibility index (Phi) is 6.54. The lowest BCUT2D eigenvalue weighted by Gasteiger charge is -2.35. The summed E-state index contributed by atoms with van der Waals surface area (Å²) < 4.78 is 30.9. The molecule has 0 aromatic carbocycles. The van der Waals surface area contributed by atoms with Crippen LogP contribution in [0.3, 0.4) is 0 Å². The number of hydrazine groups is 1. The first-order valence-electron chi connectivity index (χ1n) is 7.18. The van der Waals surface area contributed by atoms with Gasteiger partial charge in [-0.15, -0.1) is 0 Å². The van der Waals surface area contributed by atoms with E-state index in [1.165, 1.54) is 26.6 Å². The highest BCUT2D eigenvalue weighted by molar-refractivity contribution is 8.77. The van der Waals surface area contributed by atoms with Crippen LogP contribution in [-0.4, -0.2) is 62.3 Å². The van der Waals surface area contributed by atoms with Gasteiger partial charge in [0.25, 0.3) is 10.1 Å². The number of aliphatic carboxylic acids is 1. The number of carboxylic acids is 1. The second kappa shape index (κ2) is 8.25. The van der Waals surface area contributed by atoms with E-state index in [0.29, 0.717) is 0 Å². The molecule has 2 aliphatic heterocycles. The van der Waals surface area contributed by atoms with E-state index in [9.17, 15) is 22.8 Å². The smallest absolute Gasteiger partial charge is 0.324 e. The molecule has 1 fully saturated rings. The topological polar surface area (TPSA) is 132 Å². The van der Waals surface area contributed by atoms with E-state index in [2.05, 4.69) is 0 Å². The van der Waals surface area contributed by atoms with Crippen molar-refractivity contribution in [2.24, 2.45) is 0 Å². The molecule has 2 atom stereocenters. The number of carbonyl (C=O) groups is 3. The lowest BCUT2D eigenvalue weighted by atomic mass is 10.3. The van der Waals surface area contributed by atoms with Gasteiger partial charge < -0.3 is 5.11 Å². The highest BCUT2D eigenvalue weighted by atomic mass is 33.1. The van der Waals surface area contributed by atoms with Crippen LogP contribution in [0.4, 0.5) is 0 Å². The van der Waals surface area contributed by atoms with Crippen molar-refractivity contribution < 1.29 is 32.5 Å². The van der Waals surface area contributed by atoms with Gasteiger partial charge in [0, 0.05) is 24.8 Å². The number of amides is 2. The molecule has 2 N–H and O–H groups in total. The fraction of sp³-hybridized carbons (Fsp3) is 0.462. The zero-order valence-corrected chi connectivity index (χ0v) is 15.3. The summed E-state index contributed by atoms with van der Waals surface area (Å²) in [7, 11) is -2.23. The summed E-state index contributed by atoms with van der Waals surface area (Å²) >= 11 is 0. The third-order valence-electron chi connectivity index (χ3n) is 3.41. The minimum absolute atomic E-state index is 0.144. The summed E-state index contributed by atoms with van der Waals surface area (Å²) in [6, 6.07) is 0. The average Bonchev–Trinajstić information content (AvgIpc) is 2.85. The van der Waals surface area contributed by atoms with Crippen molar-refractivity contribution in [1.29, 1.82) is 0 Å². The summed E-state index contributed by atoms with van der Waals surface area (Å²) in [6.45, 7) is 0. The first kappa shape index (κ1) is 19.8. The predicted molar refractivity (Wildman–Crippen MR) is 92.6 cm³/mol. The largest absolute Gasteiger partial charge is 0.480 e. The van der Waals surface area contributed by atoms with Gasteiger partial charge in [-0.2, -0.15) is 13.4 Å². The van der Waals surface area contributed by atoms with Crippen LogP contribution >= 0.6 is 21.6 Å². The Hall–Kier alpha value is -1.50. The van der Waals surface area contributed by atoms with Crippen LogP contribution in [0.1, 0.15) is 19.3 Å². The molecule has 1 saturated heterocycles. The van der Waals surface area contributed by atoms with Gasteiger partial charge in [-0.3, -0.25) is 23.9 Å². The van der Waals surface area contributed by atoms with Gasteiger partial charge >= 0.3 is 5.97 Å². The molecule has 0 aromatic heterocycles. The Morgan fingerprint density at radius 3 is 2.48 bits per heavy atom. The van der Waals surface area contributed by atoms with Crippen LogP contribution in [0.2, 0.25) is 0 Å². The molecule has 9 nitrogen and oxygen atoms in total. The van der Waals surface area contributed by atoms with Crippen LogP contribution in [0.25, 0.3) is 0 Å². The summed E-state index contributed by atoms with van der Waals surface area (Å²) in [5.74, 6) is -2.05. The number of carbonyl (C=O) groups excluding carboxylic acids is 2. The SMILES string of the molecule is O=C(O)C(CCSSC1C=CC=CN1N1C(=O)CCC1=O)S(=O)(=O)O. The molecule has 0 aliphatic carbocycles. The molecule has 25 heavy (non-hydrogen) atoms. The Morgan fingerprint density at radius 1 is 1.28 bits per heavy atom. The number of rotatable bonds is 8. The highest BCUT2D eigenvalue weighted by Crippen LogP contribution is 2.34. The fourth-order valence-corrected chi connectivity index (χ4v) is 5.47. The van der Waals surface area contributed by atoms with Crippen LogP contribution in [-0.2, 0) is 24.5 Å². The quantitative estimate of drug-likeness (QED) is 0.258. The zero-order valence-electron chi connectivity index (χ0n) is 12.8. The lowest BCUT2D eigenvalue weighted by Crippen LogP contribution is -2.47. The van der Waals surface area contributed by atoms with Crippen LogP contribution in [0.15, 0.2) is 24.4 Å². The maximum Gasteiger partial charge on any atom is 0.324 e. The molecule has 2 unspecified atom stereocenters. The normalized spacial score (nSPS) is 21.9. The van der Waals surface area contributed by atoms with Gasteiger partial charge in [0.1, 0.15) is 5.37 Å². The Bertz CT molecular complexity index is 703. The van der Waals surface area contributed by atoms with Crippen LogP contribution in [0.5, 0.6) is 0 Å². The Morgan fingerprint density at radius 2 is 1.92 bits per heavy atom. The van der Waals surface area contributed by atoms with E-state index >= 15 is 0 Å². The monoisotopic (exact) mass is 408 g/mol. The van der Waals surface area contributed by atoms with Crippen molar-refractivity contribution >= 4 is 49.5 Å². The van der Waals surface area contributed by atoms with E-state index in [1.807, 2.05) is 0 Å². The molecule has 2 heterocycles. The fourth-order valence-electron chi connectivity index (χ4n) is 2.22. The highest BCUT2D eigenvalue weighted by Gasteiger charge is 2.36. The summed E-state index contributed by atoms with van der Waals surface area (Å²) in [4.78, 5) is 34.6. The number of allylic oxidation sites excluding steroid dienone is 2. The third-order valence-corrected chi connectivity index (χ3v) is 7.17. The Balaban J connectivity index is 1.92. The van der Waals surface area contributed by atoms with E-state index < -0.39 is 21.3 Å². The second-order valence-electron chi connectivity index (χ2n) is 5.15. The van der Waals surface area contributed by atoms with Gasteiger partial charge in [-0.05, 0) is 18.6 Å². The van der Waals surface area contributed by atoms with Crippen LogP contribution in [0, 0.1) is 0 Å². The number of hydrogen-bond donors (Lipinski definition) is 2. The standard InChI is InChI=1S/C13H16N2O7S3/c16-10-4-5-11(17)15(10)14-7-2-1-3-12(14)24-23-8-6-9(13(18)19)25(20,21)22/h1-3,7,9,12H,4-6,8H2,(H,18,19)(H,20,21,22). The van der Waals surface area contributed by atoms with Gasteiger partial charge in [-0.25, -0.2) is 0 Å². The van der Waals surface area contributed by atoms with E-state index in [1.54, 1.807) is 24.4 Å². The van der Waals surface area contributed by atoms with Crippen molar-refractivity contribution in [2.75, 3.05) is 5.75 Å². The summed E-state index contributed by atoms with van der Waals surface area (Å²) in [6.07, 6.45) is 6.83. The molecule has 12 heteroatoms. The van der Waals surface area contributed by atoms with Crippen molar-refractivity contribution in [3.8, 4) is 0 Å². The van der Waals surface area contributed by atoms with Crippen molar-refractivity contribution in [3.05, 3.63) is 24.4 Å². The number of carboxylic acid groups (broad SMARTS) is 1.